The van der Waals surface area contributed by atoms with E-state index in [1.165, 1.54) is 11.1 Å². The summed E-state index contributed by atoms with van der Waals surface area (Å²) in [4.78, 5) is 31.7. The number of rotatable bonds is 3. The molecule has 4 rings (SSSR count). The first kappa shape index (κ1) is 16.4. The van der Waals surface area contributed by atoms with Gasteiger partial charge >= 0.3 is 0 Å². The van der Waals surface area contributed by atoms with E-state index in [0.717, 1.165) is 36.0 Å². The van der Waals surface area contributed by atoms with Crippen LogP contribution in [0.15, 0.2) is 40.3 Å². The third-order valence-corrected chi connectivity index (χ3v) is 6.10. The van der Waals surface area contributed by atoms with Gasteiger partial charge in [0.05, 0.1) is 6.04 Å². The van der Waals surface area contributed by atoms with Gasteiger partial charge in [-0.25, -0.2) is 4.98 Å². The van der Waals surface area contributed by atoms with Crippen molar-refractivity contribution in [2.24, 2.45) is 0 Å². The molecule has 1 atom stereocenters. The second-order valence-electron chi connectivity index (χ2n) is 6.59. The van der Waals surface area contributed by atoms with Gasteiger partial charge in [-0.3, -0.25) is 14.2 Å². The van der Waals surface area contributed by atoms with E-state index in [0.29, 0.717) is 13.0 Å². The van der Waals surface area contributed by atoms with Crippen molar-refractivity contribution in [1.29, 1.82) is 0 Å². The van der Waals surface area contributed by atoms with Crippen LogP contribution in [0.2, 0.25) is 0 Å². The smallest absolute Gasteiger partial charge is 0.254 e. The van der Waals surface area contributed by atoms with Crippen LogP contribution in [0.3, 0.4) is 0 Å². The van der Waals surface area contributed by atoms with Crippen molar-refractivity contribution in [3.8, 4) is 0 Å². The average Bonchev–Trinajstić information content (AvgIpc) is 3.04. The Morgan fingerprint density at radius 3 is 2.92 bits per heavy atom. The van der Waals surface area contributed by atoms with Gasteiger partial charge < -0.3 is 4.90 Å². The molecule has 0 radical (unpaired) electrons. The molecular weight excluding hydrogens is 334 g/mol. The van der Waals surface area contributed by atoms with Crippen LogP contribution in [0.25, 0.3) is 0 Å². The molecule has 1 aromatic carbocycles. The highest BCUT2D eigenvalue weighted by Crippen LogP contribution is 2.33. The van der Waals surface area contributed by atoms with Crippen LogP contribution in [-0.2, 0) is 24.2 Å². The summed E-state index contributed by atoms with van der Waals surface area (Å²) in [5.41, 5.74) is 3.35. The Labute approximate surface area is 151 Å². The van der Waals surface area contributed by atoms with Gasteiger partial charge in [-0.2, -0.15) is 0 Å². The van der Waals surface area contributed by atoms with Crippen molar-refractivity contribution in [2.75, 3.05) is 12.3 Å². The second-order valence-corrected chi connectivity index (χ2v) is 7.58. The van der Waals surface area contributed by atoms with Gasteiger partial charge in [0.2, 0.25) is 5.91 Å². The standard InChI is InChI=1S/C19H21N3O2S/c1-2-15-9-18(24)22-16(12-25-19(22)20-15)10-17(23)21-8-7-13-5-3-4-6-14(13)11-21/h3-6,9,16H,2,7-8,10-12H2,1H3. The third kappa shape index (κ3) is 3.11. The minimum Gasteiger partial charge on any atom is -0.338 e. The van der Waals surface area contributed by atoms with E-state index in [9.17, 15) is 9.59 Å². The molecule has 2 aromatic rings. The molecule has 2 aliphatic rings. The number of aromatic nitrogens is 2. The fourth-order valence-electron chi connectivity index (χ4n) is 3.57. The third-order valence-electron chi connectivity index (χ3n) is 5.00. The first-order valence-electron chi connectivity index (χ1n) is 8.75. The highest BCUT2D eigenvalue weighted by molar-refractivity contribution is 7.99. The van der Waals surface area contributed by atoms with Crippen LogP contribution >= 0.6 is 11.8 Å². The first-order chi connectivity index (χ1) is 12.2. The maximum Gasteiger partial charge on any atom is 0.254 e. The van der Waals surface area contributed by atoms with Crippen LogP contribution in [0.1, 0.15) is 36.2 Å². The lowest BCUT2D eigenvalue weighted by molar-refractivity contribution is -0.132. The summed E-state index contributed by atoms with van der Waals surface area (Å²) in [6.07, 6.45) is 2.02. The summed E-state index contributed by atoms with van der Waals surface area (Å²) in [6, 6.07) is 9.81. The Hall–Kier alpha value is -2.08. The Morgan fingerprint density at radius 2 is 2.12 bits per heavy atom. The van der Waals surface area contributed by atoms with Crippen molar-refractivity contribution in [3.63, 3.8) is 0 Å². The van der Waals surface area contributed by atoms with Crippen molar-refractivity contribution >= 4 is 17.7 Å². The number of carbonyl (C=O) groups is 1. The Balaban J connectivity index is 1.50. The number of nitrogens with zero attached hydrogens (tertiary/aromatic N) is 3. The minimum absolute atomic E-state index is 0.0337. The lowest BCUT2D eigenvalue weighted by Gasteiger charge is -2.29. The van der Waals surface area contributed by atoms with E-state index in [1.807, 2.05) is 24.0 Å². The van der Waals surface area contributed by atoms with Gasteiger partial charge in [0, 0.05) is 37.0 Å². The lowest BCUT2D eigenvalue weighted by atomic mass is 9.99. The fraction of sp³-hybridized carbons (Fsp3) is 0.421. The van der Waals surface area contributed by atoms with E-state index >= 15 is 0 Å². The fourth-order valence-corrected chi connectivity index (χ4v) is 4.74. The molecular formula is C19H21N3O2S. The summed E-state index contributed by atoms with van der Waals surface area (Å²) in [5, 5.41) is 0.756. The van der Waals surface area contributed by atoms with Crippen LogP contribution in [0, 0.1) is 0 Å². The van der Waals surface area contributed by atoms with E-state index < -0.39 is 0 Å². The van der Waals surface area contributed by atoms with E-state index in [-0.39, 0.29) is 17.5 Å². The van der Waals surface area contributed by atoms with E-state index in [2.05, 4.69) is 17.1 Å². The zero-order chi connectivity index (χ0) is 17.4. The molecule has 0 N–H and O–H groups in total. The van der Waals surface area contributed by atoms with Gasteiger partial charge in [-0.1, -0.05) is 43.0 Å². The van der Waals surface area contributed by atoms with Gasteiger partial charge in [0.15, 0.2) is 5.16 Å². The Kier molecular flexibility index (Phi) is 4.37. The number of hydrogen-bond donors (Lipinski definition) is 0. The van der Waals surface area contributed by atoms with Crippen molar-refractivity contribution in [2.45, 2.75) is 43.9 Å². The molecule has 2 aliphatic heterocycles. The van der Waals surface area contributed by atoms with Crippen molar-refractivity contribution < 1.29 is 4.79 Å². The average molecular weight is 355 g/mol. The molecule has 0 spiro atoms. The molecule has 0 saturated heterocycles. The molecule has 5 nitrogen and oxygen atoms in total. The number of carbonyl (C=O) groups excluding carboxylic acids is 1. The maximum absolute atomic E-state index is 12.8. The van der Waals surface area contributed by atoms with Crippen LogP contribution in [0.4, 0.5) is 0 Å². The molecule has 1 amide bonds. The van der Waals surface area contributed by atoms with E-state index in [1.54, 1.807) is 22.4 Å². The second kappa shape index (κ2) is 6.67. The number of thioether (sulfide) groups is 1. The Bertz CT molecular complexity index is 877. The van der Waals surface area contributed by atoms with Gasteiger partial charge in [-0.15, -0.1) is 0 Å². The summed E-state index contributed by atoms with van der Waals surface area (Å²) in [5.74, 6) is 0.866. The van der Waals surface area contributed by atoms with Gasteiger partial charge in [-0.05, 0) is 24.0 Å². The van der Waals surface area contributed by atoms with E-state index in [4.69, 9.17) is 0 Å². The van der Waals surface area contributed by atoms with Crippen LogP contribution in [-0.4, -0.2) is 32.7 Å². The topological polar surface area (TPSA) is 55.2 Å². The summed E-state index contributed by atoms with van der Waals surface area (Å²) in [7, 11) is 0. The highest BCUT2D eigenvalue weighted by Gasteiger charge is 2.30. The largest absolute Gasteiger partial charge is 0.338 e. The van der Waals surface area contributed by atoms with Gasteiger partial charge in [0.25, 0.3) is 5.56 Å². The SMILES string of the molecule is CCc1cc(=O)n2c(n1)SCC2CC(=O)N1CCc2ccccc2C1. The number of aryl methyl sites for hydroxylation is 1. The normalized spacial score (nSPS) is 18.8. The molecule has 25 heavy (non-hydrogen) atoms. The first-order valence-corrected chi connectivity index (χ1v) is 9.74. The summed E-state index contributed by atoms with van der Waals surface area (Å²) >= 11 is 1.58. The summed E-state index contributed by atoms with van der Waals surface area (Å²) in [6.45, 7) is 3.42. The molecule has 1 unspecified atom stereocenters. The maximum atomic E-state index is 12.8. The van der Waals surface area contributed by atoms with Crippen molar-refractivity contribution in [1.82, 2.24) is 14.5 Å². The molecule has 0 aliphatic carbocycles. The zero-order valence-corrected chi connectivity index (χ0v) is 15.1. The Morgan fingerprint density at radius 1 is 1.32 bits per heavy atom. The van der Waals surface area contributed by atoms with Crippen molar-refractivity contribution in [3.05, 3.63) is 57.5 Å². The summed E-state index contributed by atoms with van der Waals surface area (Å²) < 4.78 is 1.71. The predicted molar refractivity (Wildman–Crippen MR) is 97.8 cm³/mol. The van der Waals surface area contributed by atoms with Crippen LogP contribution in [0.5, 0.6) is 0 Å². The number of hydrogen-bond acceptors (Lipinski definition) is 4. The molecule has 0 fully saturated rings. The molecule has 1 aromatic heterocycles. The molecule has 0 bridgehead atoms. The number of fused-ring (bicyclic) bond motifs is 2. The molecule has 0 saturated carbocycles. The highest BCUT2D eigenvalue weighted by atomic mass is 32.2. The molecule has 6 heteroatoms. The number of amides is 1. The van der Waals surface area contributed by atoms with Crippen LogP contribution < -0.4 is 5.56 Å². The molecule has 130 valence electrons. The minimum atomic E-state index is -0.0874. The van der Waals surface area contributed by atoms with Gasteiger partial charge in [0.1, 0.15) is 0 Å². The number of benzene rings is 1. The monoisotopic (exact) mass is 355 g/mol. The lowest BCUT2D eigenvalue weighted by Crippen LogP contribution is -2.38. The molecule has 3 heterocycles. The predicted octanol–water partition coefficient (Wildman–Crippen LogP) is 2.43. The quantitative estimate of drug-likeness (QED) is 0.794. The zero-order valence-electron chi connectivity index (χ0n) is 14.3.